The third-order valence-corrected chi connectivity index (χ3v) is 3.65. The van der Waals surface area contributed by atoms with E-state index in [0.717, 1.165) is 15.7 Å². The van der Waals surface area contributed by atoms with Gasteiger partial charge in [0.05, 0.1) is 5.69 Å². The summed E-state index contributed by atoms with van der Waals surface area (Å²) >= 11 is 3.41. The van der Waals surface area contributed by atoms with Crippen LogP contribution in [-0.4, -0.2) is 24.7 Å². The fourth-order valence-electron chi connectivity index (χ4n) is 2.16. The van der Waals surface area contributed by atoms with Gasteiger partial charge >= 0.3 is 0 Å². The van der Waals surface area contributed by atoms with E-state index in [-0.39, 0.29) is 18.9 Å². The number of nitrogens with two attached hydrogens (primary N) is 1. The van der Waals surface area contributed by atoms with Crippen molar-refractivity contribution in [2.24, 2.45) is 5.73 Å². The van der Waals surface area contributed by atoms with Gasteiger partial charge in [0.1, 0.15) is 5.54 Å². The molecule has 1 aliphatic heterocycles. The van der Waals surface area contributed by atoms with Crippen LogP contribution in [0.3, 0.4) is 0 Å². The number of hydrogen-bond donors (Lipinski definition) is 2. The summed E-state index contributed by atoms with van der Waals surface area (Å²) in [7, 11) is 1.69. The molecular formula is C11H13BrN2O2. The summed E-state index contributed by atoms with van der Waals surface area (Å²) in [4.78, 5) is 13.6. The van der Waals surface area contributed by atoms with Crippen molar-refractivity contribution in [2.45, 2.75) is 12.0 Å². The first kappa shape index (κ1) is 11.6. The Morgan fingerprint density at radius 3 is 2.88 bits per heavy atom. The molecule has 0 saturated carbocycles. The minimum absolute atomic E-state index is 0.114. The number of likely N-dealkylation sites (N-methyl/N-ethyl adjacent to an activating group) is 1. The number of hydrogen-bond acceptors (Lipinski definition) is 3. The van der Waals surface area contributed by atoms with Crippen molar-refractivity contribution >= 4 is 27.5 Å². The maximum Gasteiger partial charge on any atom is 0.251 e. The SMILES string of the molecule is CN1C(=O)[C@](N)(CCO)c2c(Br)cccc21. The van der Waals surface area contributed by atoms with E-state index in [1.165, 1.54) is 4.90 Å². The number of halogens is 1. The summed E-state index contributed by atoms with van der Waals surface area (Å²) in [5.74, 6) is -0.177. The van der Waals surface area contributed by atoms with Crippen molar-refractivity contribution in [2.75, 3.05) is 18.6 Å². The predicted octanol–water partition coefficient (Wildman–Crippen LogP) is 0.962. The summed E-state index contributed by atoms with van der Waals surface area (Å²) in [6.07, 6.45) is 0.228. The van der Waals surface area contributed by atoms with Crippen LogP contribution in [-0.2, 0) is 10.3 Å². The number of aliphatic hydroxyl groups excluding tert-OH is 1. The van der Waals surface area contributed by atoms with Gasteiger partial charge in [-0.25, -0.2) is 0 Å². The lowest BCUT2D eigenvalue weighted by atomic mass is 9.89. The van der Waals surface area contributed by atoms with E-state index in [1.807, 2.05) is 18.2 Å². The molecule has 0 saturated heterocycles. The number of anilines is 1. The van der Waals surface area contributed by atoms with E-state index in [4.69, 9.17) is 10.8 Å². The standard InChI is InChI=1S/C11H13BrN2O2/c1-14-8-4-2-3-7(12)9(8)11(13,5-6-15)10(14)16/h2-4,15H,5-6,13H2,1H3/t11-/m0/s1. The number of rotatable bonds is 2. The molecule has 1 aliphatic rings. The fourth-order valence-corrected chi connectivity index (χ4v) is 2.87. The lowest BCUT2D eigenvalue weighted by molar-refractivity contribution is -0.123. The molecule has 1 atom stereocenters. The molecule has 1 aromatic rings. The average Bonchev–Trinajstić information content (AvgIpc) is 2.43. The van der Waals surface area contributed by atoms with Gasteiger partial charge in [0.2, 0.25) is 0 Å². The number of nitrogens with zero attached hydrogens (tertiary/aromatic N) is 1. The molecule has 1 heterocycles. The Morgan fingerprint density at radius 2 is 2.25 bits per heavy atom. The van der Waals surface area contributed by atoms with Crippen LogP contribution in [0.2, 0.25) is 0 Å². The van der Waals surface area contributed by atoms with Gasteiger partial charge < -0.3 is 15.7 Å². The van der Waals surface area contributed by atoms with Gasteiger partial charge in [0.15, 0.2) is 0 Å². The first-order valence-electron chi connectivity index (χ1n) is 4.99. The zero-order valence-corrected chi connectivity index (χ0v) is 10.5. The minimum Gasteiger partial charge on any atom is -0.396 e. The van der Waals surface area contributed by atoms with Crippen LogP contribution in [0.25, 0.3) is 0 Å². The van der Waals surface area contributed by atoms with Gasteiger partial charge in [-0.3, -0.25) is 4.79 Å². The van der Waals surface area contributed by atoms with Crippen molar-refractivity contribution < 1.29 is 9.90 Å². The lowest BCUT2D eigenvalue weighted by Crippen LogP contribution is -2.47. The Kier molecular flexibility index (Phi) is 2.77. The molecule has 0 aromatic heterocycles. The molecule has 1 aromatic carbocycles. The first-order chi connectivity index (χ1) is 7.52. The van der Waals surface area contributed by atoms with Crippen molar-refractivity contribution in [3.8, 4) is 0 Å². The van der Waals surface area contributed by atoms with Gasteiger partial charge in [-0.2, -0.15) is 0 Å². The van der Waals surface area contributed by atoms with Gasteiger partial charge in [-0.1, -0.05) is 22.0 Å². The van der Waals surface area contributed by atoms with Crippen LogP contribution in [0, 0.1) is 0 Å². The Labute approximate surface area is 102 Å². The zero-order chi connectivity index (χ0) is 11.9. The molecule has 0 spiro atoms. The smallest absolute Gasteiger partial charge is 0.251 e. The Morgan fingerprint density at radius 1 is 1.56 bits per heavy atom. The largest absolute Gasteiger partial charge is 0.396 e. The van der Waals surface area contributed by atoms with Crippen LogP contribution in [0.5, 0.6) is 0 Å². The second kappa shape index (κ2) is 3.84. The highest BCUT2D eigenvalue weighted by Gasteiger charge is 2.47. The third kappa shape index (κ3) is 1.39. The highest BCUT2D eigenvalue weighted by atomic mass is 79.9. The summed E-state index contributed by atoms with van der Waals surface area (Å²) in [5, 5.41) is 9.05. The van der Waals surface area contributed by atoms with Gasteiger partial charge in [-0.05, 0) is 12.1 Å². The minimum atomic E-state index is -1.11. The maximum atomic E-state index is 12.1. The van der Waals surface area contributed by atoms with E-state index in [2.05, 4.69) is 15.9 Å². The number of benzene rings is 1. The van der Waals surface area contributed by atoms with Gasteiger partial charge in [-0.15, -0.1) is 0 Å². The molecule has 2 rings (SSSR count). The summed E-state index contributed by atoms with van der Waals surface area (Å²) in [5.41, 5.74) is 6.58. The molecular weight excluding hydrogens is 272 g/mol. The first-order valence-corrected chi connectivity index (χ1v) is 5.78. The molecule has 4 nitrogen and oxygen atoms in total. The number of carbonyl (C=O) groups excluding carboxylic acids is 1. The van der Waals surface area contributed by atoms with Crippen LogP contribution in [0.4, 0.5) is 5.69 Å². The van der Waals surface area contributed by atoms with Crippen LogP contribution in [0.15, 0.2) is 22.7 Å². The summed E-state index contributed by atoms with van der Waals surface area (Å²) in [6, 6.07) is 5.56. The zero-order valence-electron chi connectivity index (χ0n) is 8.90. The molecule has 86 valence electrons. The highest BCUT2D eigenvalue weighted by molar-refractivity contribution is 9.10. The molecule has 0 fully saturated rings. The highest BCUT2D eigenvalue weighted by Crippen LogP contribution is 2.43. The molecule has 1 amide bonds. The Balaban J connectivity index is 2.64. The van der Waals surface area contributed by atoms with Crippen LogP contribution >= 0.6 is 15.9 Å². The summed E-state index contributed by atoms with van der Waals surface area (Å²) < 4.78 is 0.804. The number of aliphatic hydroxyl groups is 1. The van der Waals surface area contributed by atoms with Gasteiger partial charge in [0, 0.05) is 30.1 Å². The fraction of sp³-hybridized carbons (Fsp3) is 0.364. The predicted molar refractivity (Wildman–Crippen MR) is 65.1 cm³/mol. The van der Waals surface area contributed by atoms with Crippen molar-refractivity contribution in [3.05, 3.63) is 28.2 Å². The van der Waals surface area contributed by atoms with Crippen molar-refractivity contribution in [1.82, 2.24) is 0 Å². The van der Waals surface area contributed by atoms with Crippen LogP contribution in [0.1, 0.15) is 12.0 Å². The van der Waals surface area contributed by atoms with Crippen molar-refractivity contribution in [1.29, 1.82) is 0 Å². The topological polar surface area (TPSA) is 66.6 Å². The number of carbonyl (C=O) groups is 1. The second-order valence-corrected chi connectivity index (χ2v) is 4.80. The lowest BCUT2D eigenvalue weighted by Gasteiger charge is -2.22. The molecule has 5 heteroatoms. The normalized spacial score (nSPS) is 23.8. The monoisotopic (exact) mass is 284 g/mol. The second-order valence-electron chi connectivity index (χ2n) is 3.94. The van der Waals surface area contributed by atoms with E-state index in [9.17, 15) is 4.79 Å². The average molecular weight is 285 g/mol. The number of amides is 1. The molecule has 0 bridgehead atoms. The van der Waals surface area contributed by atoms with E-state index in [0.29, 0.717) is 0 Å². The third-order valence-electron chi connectivity index (χ3n) is 2.99. The molecule has 0 radical (unpaired) electrons. The Bertz CT molecular complexity index is 450. The number of fused-ring (bicyclic) bond motifs is 1. The maximum absolute atomic E-state index is 12.1. The van der Waals surface area contributed by atoms with Gasteiger partial charge in [0.25, 0.3) is 5.91 Å². The molecule has 3 N–H and O–H groups in total. The van der Waals surface area contributed by atoms with E-state index in [1.54, 1.807) is 7.05 Å². The van der Waals surface area contributed by atoms with Crippen LogP contribution < -0.4 is 10.6 Å². The van der Waals surface area contributed by atoms with Crippen molar-refractivity contribution in [3.63, 3.8) is 0 Å². The quantitative estimate of drug-likeness (QED) is 0.850. The van der Waals surface area contributed by atoms with E-state index >= 15 is 0 Å². The molecule has 0 unspecified atom stereocenters. The molecule has 16 heavy (non-hydrogen) atoms. The molecule has 0 aliphatic carbocycles. The Hall–Kier alpha value is -0.910. The van der Waals surface area contributed by atoms with E-state index < -0.39 is 5.54 Å². The summed E-state index contributed by atoms with van der Waals surface area (Å²) in [6.45, 7) is -0.114.